The fraction of sp³-hybridized carbons (Fsp3) is 0.435. The minimum atomic E-state index is -0.160. The van der Waals surface area contributed by atoms with Gasteiger partial charge < -0.3 is 14.2 Å². The van der Waals surface area contributed by atoms with Crippen molar-refractivity contribution in [3.8, 4) is 17.2 Å². The van der Waals surface area contributed by atoms with Crippen molar-refractivity contribution in [1.82, 2.24) is 0 Å². The molecule has 2 aromatic carbocycles. The number of ether oxygens (including phenoxy) is 3. The number of carbonyl (C=O) groups excluding carboxylic acids is 1. The van der Waals surface area contributed by atoms with Gasteiger partial charge in [0.25, 0.3) is 0 Å². The molecule has 0 aromatic heterocycles. The number of benzene rings is 2. The van der Waals surface area contributed by atoms with Gasteiger partial charge in [-0.25, -0.2) is 0 Å². The van der Waals surface area contributed by atoms with Gasteiger partial charge in [-0.3, -0.25) is 4.79 Å². The standard InChI is InChI=1S/C23H30O4/c1-7-26-22(24)11-8-18-12-16(4)23(17(5)13-18)27-19-9-10-21(25-6)20(14-19)15(2)3/h9-10,12-15H,7-8,11H2,1-6H3. The van der Waals surface area contributed by atoms with E-state index in [1.807, 2.05) is 39.0 Å². The Hall–Kier alpha value is -2.49. The molecule has 0 bridgehead atoms. The number of hydrogen-bond donors (Lipinski definition) is 0. The molecule has 0 aliphatic rings. The van der Waals surface area contributed by atoms with Gasteiger partial charge in [-0.05, 0) is 68.0 Å². The van der Waals surface area contributed by atoms with Gasteiger partial charge in [0.15, 0.2) is 0 Å². The van der Waals surface area contributed by atoms with Crippen LogP contribution in [-0.2, 0) is 16.0 Å². The van der Waals surface area contributed by atoms with E-state index in [0.717, 1.165) is 39.5 Å². The Bertz CT molecular complexity index is 770. The maximum Gasteiger partial charge on any atom is 0.306 e. The molecular weight excluding hydrogens is 340 g/mol. The molecule has 0 atom stereocenters. The predicted molar refractivity (Wildman–Crippen MR) is 108 cm³/mol. The average molecular weight is 370 g/mol. The minimum Gasteiger partial charge on any atom is -0.496 e. The first-order chi connectivity index (χ1) is 12.8. The lowest BCUT2D eigenvalue weighted by atomic mass is 10.0. The Labute approximate surface area is 162 Å². The number of aryl methyl sites for hydroxylation is 3. The zero-order chi connectivity index (χ0) is 20.0. The summed E-state index contributed by atoms with van der Waals surface area (Å²) in [6.07, 6.45) is 1.06. The number of methoxy groups -OCH3 is 1. The van der Waals surface area contributed by atoms with Gasteiger partial charge in [0, 0.05) is 12.0 Å². The first-order valence-electron chi connectivity index (χ1n) is 9.47. The third kappa shape index (κ3) is 5.49. The second-order valence-electron chi connectivity index (χ2n) is 7.02. The monoisotopic (exact) mass is 370 g/mol. The summed E-state index contributed by atoms with van der Waals surface area (Å²) in [6.45, 7) is 10.6. The first-order valence-corrected chi connectivity index (χ1v) is 9.47. The van der Waals surface area contributed by atoms with Gasteiger partial charge >= 0.3 is 5.97 Å². The molecule has 146 valence electrons. The predicted octanol–water partition coefficient (Wildman–Crippen LogP) is 5.72. The van der Waals surface area contributed by atoms with E-state index in [4.69, 9.17) is 14.2 Å². The van der Waals surface area contributed by atoms with Gasteiger partial charge in [0.1, 0.15) is 17.2 Å². The van der Waals surface area contributed by atoms with Crippen LogP contribution in [0, 0.1) is 13.8 Å². The van der Waals surface area contributed by atoms with Crippen molar-refractivity contribution in [2.24, 2.45) is 0 Å². The molecule has 0 saturated carbocycles. The third-order valence-corrected chi connectivity index (χ3v) is 4.49. The highest BCUT2D eigenvalue weighted by Crippen LogP contribution is 2.35. The quantitative estimate of drug-likeness (QED) is 0.557. The Kier molecular flexibility index (Phi) is 7.28. The third-order valence-electron chi connectivity index (χ3n) is 4.49. The minimum absolute atomic E-state index is 0.160. The molecule has 0 aliphatic heterocycles. The van der Waals surface area contributed by atoms with Gasteiger partial charge in [0.2, 0.25) is 0 Å². The maximum atomic E-state index is 11.6. The molecule has 4 heteroatoms. The van der Waals surface area contributed by atoms with Crippen LogP contribution >= 0.6 is 0 Å². The van der Waals surface area contributed by atoms with Gasteiger partial charge in [0.05, 0.1) is 13.7 Å². The molecule has 0 saturated heterocycles. The van der Waals surface area contributed by atoms with Crippen molar-refractivity contribution in [3.05, 3.63) is 52.6 Å². The van der Waals surface area contributed by atoms with E-state index in [-0.39, 0.29) is 5.97 Å². The van der Waals surface area contributed by atoms with E-state index in [1.54, 1.807) is 7.11 Å². The summed E-state index contributed by atoms with van der Waals surface area (Å²) in [7, 11) is 1.69. The van der Waals surface area contributed by atoms with Crippen LogP contribution in [0.5, 0.6) is 17.2 Å². The Balaban J connectivity index is 2.20. The molecule has 0 fully saturated rings. The number of esters is 1. The molecule has 0 N–H and O–H groups in total. The summed E-state index contributed by atoms with van der Waals surface area (Å²) in [5.74, 6) is 2.71. The molecule has 0 spiro atoms. The zero-order valence-electron chi connectivity index (χ0n) is 17.2. The summed E-state index contributed by atoms with van der Waals surface area (Å²) < 4.78 is 16.6. The fourth-order valence-electron chi connectivity index (χ4n) is 3.17. The van der Waals surface area contributed by atoms with Crippen molar-refractivity contribution in [2.45, 2.75) is 53.4 Å². The van der Waals surface area contributed by atoms with Crippen molar-refractivity contribution < 1.29 is 19.0 Å². The number of rotatable bonds is 8. The molecule has 0 aliphatic carbocycles. The van der Waals surface area contributed by atoms with Crippen molar-refractivity contribution in [1.29, 1.82) is 0 Å². The van der Waals surface area contributed by atoms with Crippen LogP contribution in [0.25, 0.3) is 0 Å². The summed E-state index contributed by atoms with van der Waals surface area (Å²) in [5.41, 5.74) is 4.34. The SMILES string of the molecule is CCOC(=O)CCc1cc(C)c(Oc2ccc(OC)c(C(C)C)c2)c(C)c1. The van der Waals surface area contributed by atoms with Crippen LogP contribution in [-0.4, -0.2) is 19.7 Å². The number of carbonyl (C=O) groups is 1. The van der Waals surface area contributed by atoms with Crippen LogP contribution < -0.4 is 9.47 Å². The summed E-state index contributed by atoms with van der Waals surface area (Å²) in [6, 6.07) is 10.1. The molecule has 0 heterocycles. The lowest BCUT2D eigenvalue weighted by Crippen LogP contribution is -2.05. The van der Waals surface area contributed by atoms with E-state index in [9.17, 15) is 4.79 Å². The molecule has 27 heavy (non-hydrogen) atoms. The lowest BCUT2D eigenvalue weighted by molar-refractivity contribution is -0.143. The van der Waals surface area contributed by atoms with E-state index in [1.165, 1.54) is 0 Å². The highest BCUT2D eigenvalue weighted by atomic mass is 16.5. The second kappa shape index (κ2) is 9.45. The molecule has 4 nitrogen and oxygen atoms in total. The van der Waals surface area contributed by atoms with Crippen LogP contribution in [0.1, 0.15) is 55.4 Å². The van der Waals surface area contributed by atoms with Crippen LogP contribution in [0.2, 0.25) is 0 Å². The lowest BCUT2D eigenvalue weighted by Gasteiger charge is -2.17. The van der Waals surface area contributed by atoms with Gasteiger partial charge in [-0.2, -0.15) is 0 Å². The molecule has 2 aromatic rings. The molecular formula is C23H30O4. The Morgan fingerprint density at radius 1 is 1.07 bits per heavy atom. The van der Waals surface area contributed by atoms with E-state index >= 15 is 0 Å². The maximum absolute atomic E-state index is 11.6. The summed E-state index contributed by atoms with van der Waals surface area (Å²) >= 11 is 0. The average Bonchev–Trinajstić information content (AvgIpc) is 2.63. The zero-order valence-corrected chi connectivity index (χ0v) is 17.2. The van der Waals surface area contributed by atoms with Crippen LogP contribution in [0.15, 0.2) is 30.3 Å². The Morgan fingerprint density at radius 2 is 1.74 bits per heavy atom. The van der Waals surface area contributed by atoms with Crippen LogP contribution in [0.3, 0.4) is 0 Å². The molecule has 2 rings (SSSR count). The molecule has 0 unspecified atom stereocenters. The highest BCUT2D eigenvalue weighted by molar-refractivity contribution is 5.69. The normalized spacial score (nSPS) is 10.8. The van der Waals surface area contributed by atoms with E-state index < -0.39 is 0 Å². The molecule has 0 amide bonds. The van der Waals surface area contributed by atoms with Crippen molar-refractivity contribution >= 4 is 5.97 Å². The second-order valence-corrected chi connectivity index (χ2v) is 7.02. The van der Waals surface area contributed by atoms with Gasteiger partial charge in [-0.1, -0.05) is 26.0 Å². The first kappa shape index (κ1) is 20.8. The molecule has 0 radical (unpaired) electrons. The fourth-order valence-corrected chi connectivity index (χ4v) is 3.17. The van der Waals surface area contributed by atoms with Gasteiger partial charge in [-0.15, -0.1) is 0 Å². The van der Waals surface area contributed by atoms with E-state index in [0.29, 0.717) is 25.4 Å². The van der Waals surface area contributed by atoms with E-state index in [2.05, 4.69) is 26.0 Å². The van der Waals surface area contributed by atoms with Crippen molar-refractivity contribution in [2.75, 3.05) is 13.7 Å². The number of hydrogen-bond acceptors (Lipinski definition) is 4. The largest absolute Gasteiger partial charge is 0.496 e. The summed E-state index contributed by atoms with van der Waals surface area (Å²) in [4.78, 5) is 11.6. The Morgan fingerprint density at radius 3 is 2.30 bits per heavy atom. The smallest absolute Gasteiger partial charge is 0.306 e. The van der Waals surface area contributed by atoms with Crippen molar-refractivity contribution in [3.63, 3.8) is 0 Å². The highest BCUT2D eigenvalue weighted by Gasteiger charge is 2.13. The van der Waals surface area contributed by atoms with Crippen LogP contribution in [0.4, 0.5) is 0 Å². The summed E-state index contributed by atoms with van der Waals surface area (Å²) in [5, 5.41) is 0. The topological polar surface area (TPSA) is 44.8 Å².